The van der Waals surface area contributed by atoms with Gasteiger partial charge in [0.15, 0.2) is 5.84 Å². The maximum Gasteiger partial charge on any atom is 0.201 e. The number of hydrogen-bond acceptors (Lipinski definition) is 7. The number of hydrogen-bond donors (Lipinski definition) is 3. The van der Waals surface area contributed by atoms with Crippen molar-refractivity contribution in [1.29, 1.82) is 10.7 Å². The number of aryl methyl sites for hydroxylation is 1. The van der Waals surface area contributed by atoms with Gasteiger partial charge in [-0.25, -0.2) is 0 Å². The molecule has 0 atom stereocenters. The van der Waals surface area contributed by atoms with Gasteiger partial charge in [0, 0.05) is 0 Å². The molecule has 0 fully saturated rings. The zero-order chi connectivity index (χ0) is 18.7. The van der Waals surface area contributed by atoms with Crippen molar-refractivity contribution in [2.75, 3.05) is 12.5 Å². The molecule has 1 aromatic heterocycles. The first-order chi connectivity index (χ1) is 12.5. The van der Waals surface area contributed by atoms with E-state index < -0.39 is 5.84 Å². The first-order valence-electron chi connectivity index (χ1n) is 7.62. The fourth-order valence-corrected chi connectivity index (χ4v) is 2.28. The summed E-state index contributed by atoms with van der Waals surface area (Å²) >= 11 is 0. The van der Waals surface area contributed by atoms with Crippen LogP contribution in [0.4, 0.5) is 5.69 Å². The second kappa shape index (κ2) is 6.90. The Morgan fingerprint density at radius 3 is 2.50 bits per heavy atom. The van der Waals surface area contributed by atoms with Gasteiger partial charge in [-0.15, -0.1) is 10.2 Å². The Kier molecular flexibility index (Phi) is 4.49. The van der Waals surface area contributed by atoms with Crippen LogP contribution in [-0.2, 0) is 0 Å². The van der Waals surface area contributed by atoms with E-state index in [0.717, 1.165) is 22.5 Å². The van der Waals surface area contributed by atoms with Crippen LogP contribution >= 0.6 is 0 Å². The number of benzene rings is 2. The highest BCUT2D eigenvalue weighted by Crippen LogP contribution is 2.22. The lowest BCUT2D eigenvalue weighted by molar-refractivity contribution is 0.414. The molecule has 0 aliphatic carbocycles. The normalized spacial score (nSPS) is 11.2. The third-order valence-electron chi connectivity index (χ3n) is 3.68. The summed E-state index contributed by atoms with van der Waals surface area (Å²) in [4.78, 5) is 1.53. The number of nitrogens with zero attached hydrogens (tertiary/aromatic N) is 5. The van der Waals surface area contributed by atoms with Gasteiger partial charge in [-0.05, 0) is 48.9 Å². The standard InChI is InChI=1S/C17H16N8O/c1-10-7-14-15(8-13(10)21-22-16(9-18)17(19)20)24-25(23-14)11-3-5-12(26-2)6-4-11/h3-8,21H,1-2H3,(H3,19,20)/b22-16+. The lowest BCUT2D eigenvalue weighted by Crippen LogP contribution is -2.21. The van der Waals surface area contributed by atoms with Crippen LogP contribution in [0.1, 0.15) is 5.56 Å². The summed E-state index contributed by atoms with van der Waals surface area (Å²) in [7, 11) is 1.61. The van der Waals surface area contributed by atoms with Gasteiger partial charge in [-0.2, -0.15) is 15.2 Å². The molecular weight excluding hydrogens is 332 g/mol. The molecule has 0 saturated carbocycles. The molecule has 0 saturated heterocycles. The SMILES string of the molecule is COc1ccc(-n2nc3cc(C)c(N/N=C(\C#N)C(=N)N)cc3n2)cc1. The van der Waals surface area contributed by atoms with Crippen LogP contribution < -0.4 is 15.9 Å². The van der Waals surface area contributed by atoms with Gasteiger partial charge in [0.1, 0.15) is 22.9 Å². The van der Waals surface area contributed by atoms with Gasteiger partial charge in [0.05, 0.1) is 18.5 Å². The van der Waals surface area contributed by atoms with Crippen molar-refractivity contribution in [3.05, 3.63) is 42.0 Å². The minimum atomic E-state index is -0.399. The van der Waals surface area contributed by atoms with E-state index in [1.807, 2.05) is 37.3 Å². The molecule has 0 radical (unpaired) electrons. The molecule has 0 bridgehead atoms. The maximum atomic E-state index is 8.91. The Morgan fingerprint density at radius 1 is 1.27 bits per heavy atom. The number of nitriles is 1. The van der Waals surface area contributed by atoms with Crippen molar-refractivity contribution in [3.8, 4) is 17.5 Å². The molecule has 0 aliphatic rings. The van der Waals surface area contributed by atoms with Crippen LogP contribution in [0.25, 0.3) is 16.7 Å². The quantitative estimate of drug-likeness (QED) is 0.366. The van der Waals surface area contributed by atoms with E-state index in [0.29, 0.717) is 11.2 Å². The summed E-state index contributed by atoms with van der Waals surface area (Å²) in [6.45, 7) is 1.88. The Bertz CT molecular complexity index is 1040. The van der Waals surface area contributed by atoms with Gasteiger partial charge in [-0.1, -0.05) is 0 Å². The number of rotatable bonds is 5. The lowest BCUT2D eigenvalue weighted by atomic mass is 10.2. The van der Waals surface area contributed by atoms with E-state index in [1.54, 1.807) is 19.2 Å². The molecule has 1 heterocycles. The molecule has 0 amide bonds. The molecule has 130 valence electrons. The van der Waals surface area contributed by atoms with Gasteiger partial charge in [0.25, 0.3) is 0 Å². The Labute approximate surface area is 149 Å². The van der Waals surface area contributed by atoms with Crippen molar-refractivity contribution >= 4 is 28.3 Å². The maximum absolute atomic E-state index is 8.91. The van der Waals surface area contributed by atoms with Gasteiger partial charge >= 0.3 is 0 Å². The van der Waals surface area contributed by atoms with Crippen LogP contribution in [0.2, 0.25) is 0 Å². The molecule has 9 nitrogen and oxygen atoms in total. The second-order valence-corrected chi connectivity index (χ2v) is 5.44. The van der Waals surface area contributed by atoms with Gasteiger partial charge in [-0.3, -0.25) is 10.8 Å². The zero-order valence-corrected chi connectivity index (χ0v) is 14.2. The van der Waals surface area contributed by atoms with Crippen LogP contribution in [-0.4, -0.2) is 33.7 Å². The van der Waals surface area contributed by atoms with Crippen molar-refractivity contribution < 1.29 is 4.74 Å². The average molecular weight is 348 g/mol. The summed E-state index contributed by atoms with van der Waals surface area (Å²) in [5.74, 6) is 0.355. The number of ether oxygens (including phenoxy) is 1. The van der Waals surface area contributed by atoms with E-state index in [9.17, 15) is 0 Å². The topological polar surface area (TPSA) is 138 Å². The molecule has 26 heavy (non-hydrogen) atoms. The first kappa shape index (κ1) is 16.9. The summed E-state index contributed by atoms with van der Waals surface area (Å²) < 4.78 is 5.15. The smallest absolute Gasteiger partial charge is 0.201 e. The van der Waals surface area contributed by atoms with Gasteiger partial charge in [0.2, 0.25) is 5.71 Å². The number of hydrazone groups is 1. The highest BCUT2D eigenvalue weighted by atomic mass is 16.5. The number of fused-ring (bicyclic) bond motifs is 1. The second-order valence-electron chi connectivity index (χ2n) is 5.44. The third-order valence-corrected chi connectivity index (χ3v) is 3.68. The molecule has 3 aromatic rings. The zero-order valence-electron chi connectivity index (χ0n) is 14.2. The largest absolute Gasteiger partial charge is 0.497 e. The summed E-state index contributed by atoms with van der Waals surface area (Å²) in [5, 5.41) is 29.0. The van der Waals surface area contributed by atoms with Crippen molar-refractivity contribution in [2.24, 2.45) is 10.8 Å². The summed E-state index contributed by atoms with van der Waals surface area (Å²) in [6, 6.07) is 12.8. The monoisotopic (exact) mass is 348 g/mol. The number of aromatic nitrogens is 3. The highest BCUT2D eigenvalue weighted by Gasteiger charge is 2.09. The van der Waals surface area contributed by atoms with E-state index in [4.69, 9.17) is 21.1 Å². The number of anilines is 1. The van der Waals surface area contributed by atoms with Crippen molar-refractivity contribution in [3.63, 3.8) is 0 Å². The van der Waals surface area contributed by atoms with E-state index >= 15 is 0 Å². The minimum absolute atomic E-state index is 0.189. The predicted molar refractivity (Wildman–Crippen MR) is 98.7 cm³/mol. The Hall–Kier alpha value is -3.93. The van der Waals surface area contributed by atoms with Crippen LogP contribution in [0.15, 0.2) is 41.5 Å². The average Bonchev–Trinajstić information content (AvgIpc) is 3.04. The molecule has 4 N–H and O–H groups in total. The van der Waals surface area contributed by atoms with Crippen LogP contribution in [0.3, 0.4) is 0 Å². The molecule has 2 aromatic carbocycles. The molecular formula is C17H16N8O. The molecule has 3 rings (SSSR count). The van der Waals surface area contributed by atoms with Crippen LogP contribution in [0, 0.1) is 23.7 Å². The van der Waals surface area contributed by atoms with Crippen molar-refractivity contribution in [1.82, 2.24) is 15.0 Å². The van der Waals surface area contributed by atoms with E-state index in [1.165, 1.54) is 4.80 Å². The van der Waals surface area contributed by atoms with Crippen molar-refractivity contribution in [2.45, 2.75) is 6.92 Å². The number of nitrogens with one attached hydrogen (secondary N) is 2. The summed E-state index contributed by atoms with van der Waals surface area (Å²) in [6.07, 6.45) is 0. The summed E-state index contributed by atoms with van der Waals surface area (Å²) in [5.41, 5.74) is 11.5. The first-order valence-corrected chi connectivity index (χ1v) is 7.62. The lowest BCUT2D eigenvalue weighted by Gasteiger charge is -2.04. The van der Waals surface area contributed by atoms with E-state index in [2.05, 4.69) is 20.7 Å². The Morgan fingerprint density at radius 2 is 1.92 bits per heavy atom. The Balaban J connectivity index is 1.95. The molecule has 0 spiro atoms. The minimum Gasteiger partial charge on any atom is -0.497 e. The molecule has 0 aliphatic heterocycles. The van der Waals surface area contributed by atoms with Gasteiger partial charge < -0.3 is 10.5 Å². The highest BCUT2D eigenvalue weighted by molar-refractivity contribution is 6.45. The predicted octanol–water partition coefficient (Wildman–Crippen LogP) is 1.96. The van der Waals surface area contributed by atoms with Crippen LogP contribution in [0.5, 0.6) is 5.75 Å². The van der Waals surface area contributed by atoms with E-state index in [-0.39, 0.29) is 5.71 Å². The fourth-order valence-electron chi connectivity index (χ4n) is 2.28. The molecule has 0 unspecified atom stereocenters. The molecule has 9 heteroatoms. The number of methoxy groups -OCH3 is 1. The fraction of sp³-hybridized carbons (Fsp3) is 0.118. The number of nitrogens with two attached hydrogens (primary N) is 1. The third kappa shape index (κ3) is 3.29. The number of amidine groups is 1.